The first kappa shape index (κ1) is 16.4. The fraction of sp³-hybridized carbons (Fsp3) is 0.294. The van der Waals surface area contributed by atoms with Crippen LogP contribution in [0.3, 0.4) is 0 Å². The van der Waals surface area contributed by atoms with E-state index in [1.54, 1.807) is 6.07 Å². The Labute approximate surface area is 139 Å². The van der Waals surface area contributed by atoms with Crippen LogP contribution in [-0.2, 0) is 6.42 Å². The van der Waals surface area contributed by atoms with E-state index in [2.05, 4.69) is 52.4 Å². The van der Waals surface area contributed by atoms with Gasteiger partial charge in [0.25, 0.3) is 0 Å². The number of likely N-dealkylation sites (N-methyl/N-ethyl adjacent to an activating group) is 1. The van der Waals surface area contributed by atoms with E-state index < -0.39 is 0 Å². The highest BCUT2D eigenvalue weighted by Crippen LogP contribution is 2.23. The molecule has 0 aliphatic rings. The Morgan fingerprint density at radius 3 is 2.71 bits per heavy atom. The van der Waals surface area contributed by atoms with Crippen molar-refractivity contribution in [2.75, 3.05) is 12.3 Å². The van der Waals surface area contributed by atoms with Gasteiger partial charge in [0, 0.05) is 21.2 Å². The monoisotopic (exact) mass is 365 g/mol. The Morgan fingerprint density at radius 2 is 2.00 bits per heavy atom. The fourth-order valence-corrected chi connectivity index (χ4v) is 3.77. The maximum absolute atomic E-state index is 9.56. The van der Waals surface area contributed by atoms with E-state index >= 15 is 0 Å². The van der Waals surface area contributed by atoms with Gasteiger partial charge >= 0.3 is 0 Å². The second-order valence-electron chi connectivity index (χ2n) is 4.90. The molecule has 1 unspecified atom stereocenters. The molecule has 0 radical (unpaired) electrons. The Balaban J connectivity index is 1.95. The van der Waals surface area contributed by atoms with Gasteiger partial charge in [-0.25, -0.2) is 0 Å². The molecule has 21 heavy (non-hydrogen) atoms. The summed E-state index contributed by atoms with van der Waals surface area (Å²) in [5, 5.41) is 13.1. The van der Waals surface area contributed by atoms with Crippen LogP contribution in [0.15, 0.2) is 57.9 Å². The number of rotatable bonds is 7. The third-order valence-electron chi connectivity index (χ3n) is 3.13. The second kappa shape index (κ2) is 8.47. The zero-order chi connectivity index (χ0) is 15.1. The highest BCUT2D eigenvalue weighted by Gasteiger charge is 2.10. The molecule has 0 spiro atoms. The predicted molar refractivity (Wildman–Crippen MR) is 94.1 cm³/mol. The van der Waals surface area contributed by atoms with Crippen molar-refractivity contribution >= 4 is 27.7 Å². The van der Waals surface area contributed by atoms with Crippen LogP contribution in [0.5, 0.6) is 5.75 Å². The first-order chi connectivity index (χ1) is 10.2. The smallest absolute Gasteiger partial charge is 0.115 e. The molecule has 2 rings (SSSR count). The lowest BCUT2D eigenvalue weighted by atomic mass is 10.1. The quantitative estimate of drug-likeness (QED) is 0.710. The van der Waals surface area contributed by atoms with E-state index in [1.807, 2.05) is 30.0 Å². The van der Waals surface area contributed by atoms with Crippen molar-refractivity contribution in [3.63, 3.8) is 0 Å². The van der Waals surface area contributed by atoms with Crippen molar-refractivity contribution < 1.29 is 5.11 Å². The molecule has 2 aromatic carbocycles. The minimum absolute atomic E-state index is 0.336. The van der Waals surface area contributed by atoms with Crippen molar-refractivity contribution in [2.24, 2.45) is 0 Å². The predicted octanol–water partition coefficient (Wildman–Crippen LogP) is 4.47. The normalized spacial score (nSPS) is 12.3. The van der Waals surface area contributed by atoms with Crippen LogP contribution >= 0.6 is 27.7 Å². The van der Waals surface area contributed by atoms with Gasteiger partial charge in [-0.05, 0) is 48.9 Å². The molecule has 2 nitrogen and oxygen atoms in total. The third-order valence-corrected chi connectivity index (χ3v) is 4.78. The molecule has 0 amide bonds. The first-order valence-corrected chi connectivity index (χ1v) is 8.85. The zero-order valence-electron chi connectivity index (χ0n) is 12.1. The standard InChI is InChI=1S/C17H20BrNOS/c1-2-19-15(9-13-5-3-7-16(20)10-13)12-21-17-8-4-6-14(18)11-17/h3-8,10-11,15,19-20H,2,9,12H2,1H3. The van der Waals surface area contributed by atoms with Crippen molar-refractivity contribution in [3.05, 3.63) is 58.6 Å². The molecule has 0 aliphatic carbocycles. The molecule has 0 aromatic heterocycles. The summed E-state index contributed by atoms with van der Waals surface area (Å²) in [5.74, 6) is 1.34. The van der Waals surface area contributed by atoms with E-state index in [4.69, 9.17) is 0 Å². The van der Waals surface area contributed by atoms with Crippen LogP contribution in [0, 0.1) is 0 Å². The summed E-state index contributed by atoms with van der Waals surface area (Å²) >= 11 is 5.36. The summed E-state index contributed by atoms with van der Waals surface area (Å²) < 4.78 is 1.11. The molecule has 0 aliphatic heterocycles. The van der Waals surface area contributed by atoms with Crippen LogP contribution in [-0.4, -0.2) is 23.4 Å². The number of phenolic OH excluding ortho intramolecular Hbond substituents is 1. The number of phenols is 1. The maximum atomic E-state index is 9.56. The molecule has 0 saturated carbocycles. The molecule has 2 N–H and O–H groups in total. The average Bonchev–Trinajstić information content (AvgIpc) is 2.45. The van der Waals surface area contributed by atoms with Crippen molar-refractivity contribution in [1.82, 2.24) is 5.32 Å². The van der Waals surface area contributed by atoms with Gasteiger partial charge in [0.1, 0.15) is 5.75 Å². The summed E-state index contributed by atoms with van der Waals surface area (Å²) in [6.07, 6.45) is 0.920. The average molecular weight is 366 g/mol. The molecule has 0 bridgehead atoms. The van der Waals surface area contributed by atoms with Gasteiger partial charge in [0.05, 0.1) is 0 Å². The summed E-state index contributed by atoms with van der Waals surface area (Å²) in [6.45, 7) is 3.07. The number of nitrogens with one attached hydrogen (secondary N) is 1. The van der Waals surface area contributed by atoms with Gasteiger partial charge in [-0.2, -0.15) is 0 Å². The summed E-state index contributed by atoms with van der Waals surface area (Å²) in [5.41, 5.74) is 1.16. The van der Waals surface area contributed by atoms with Gasteiger partial charge in [0.2, 0.25) is 0 Å². The Bertz CT molecular complexity index is 576. The van der Waals surface area contributed by atoms with E-state index in [0.29, 0.717) is 11.8 Å². The molecule has 1 atom stereocenters. The topological polar surface area (TPSA) is 32.3 Å². The number of thioether (sulfide) groups is 1. The second-order valence-corrected chi connectivity index (χ2v) is 6.91. The molecule has 2 aromatic rings. The summed E-state index contributed by atoms with van der Waals surface area (Å²) in [7, 11) is 0. The lowest BCUT2D eigenvalue weighted by Crippen LogP contribution is -2.33. The van der Waals surface area contributed by atoms with Gasteiger partial charge < -0.3 is 10.4 Å². The minimum atomic E-state index is 0.336. The van der Waals surface area contributed by atoms with Crippen molar-refractivity contribution in [2.45, 2.75) is 24.3 Å². The Morgan fingerprint density at radius 1 is 1.19 bits per heavy atom. The third kappa shape index (κ3) is 5.73. The highest BCUT2D eigenvalue weighted by atomic mass is 79.9. The number of hydrogen-bond acceptors (Lipinski definition) is 3. The van der Waals surface area contributed by atoms with Crippen molar-refractivity contribution in [3.8, 4) is 5.75 Å². The van der Waals surface area contributed by atoms with Crippen LogP contribution in [0.1, 0.15) is 12.5 Å². The number of halogens is 1. The number of aromatic hydroxyl groups is 1. The highest BCUT2D eigenvalue weighted by molar-refractivity contribution is 9.10. The number of benzene rings is 2. The van der Waals surface area contributed by atoms with E-state index in [1.165, 1.54) is 4.90 Å². The minimum Gasteiger partial charge on any atom is -0.508 e. The zero-order valence-corrected chi connectivity index (χ0v) is 14.5. The Kier molecular flexibility index (Phi) is 6.61. The van der Waals surface area contributed by atoms with Crippen molar-refractivity contribution in [1.29, 1.82) is 0 Å². The van der Waals surface area contributed by atoms with Crippen LogP contribution in [0.4, 0.5) is 0 Å². The fourth-order valence-electron chi connectivity index (χ4n) is 2.20. The van der Waals surface area contributed by atoms with Crippen LogP contribution in [0.25, 0.3) is 0 Å². The summed E-state index contributed by atoms with van der Waals surface area (Å²) in [4.78, 5) is 1.27. The van der Waals surface area contributed by atoms with Gasteiger partial charge in [0.15, 0.2) is 0 Å². The molecular formula is C17H20BrNOS. The van der Waals surface area contributed by atoms with E-state index in [-0.39, 0.29) is 0 Å². The molecule has 0 saturated heterocycles. The molecule has 0 fully saturated rings. The van der Waals surface area contributed by atoms with Gasteiger partial charge in [-0.3, -0.25) is 0 Å². The lowest BCUT2D eigenvalue weighted by Gasteiger charge is -2.18. The Hall–Kier alpha value is -0.970. The first-order valence-electron chi connectivity index (χ1n) is 7.07. The largest absolute Gasteiger partial charge is 0.508 e. The molecular weight excluding hydrogens is 346 g/mol. The van der Waals surface area contributed by atoms with E-state index in [0.717, 1.165) is 28.8 Å². The summed E-state index contributed by atoms with van der Waals surface area (Å²) in [6, 6.07) is 16.3. The van der Waals surface area contributed by atoms with Gasteiger partial charge in [-0.15, -0.1) is 11.8 Å². The SMILES string of the molecule is CCNC(CSc1cccc(Br)c1)Cc1cccc(O)c1. The molecule has 112 valence electrons. The maximum Gasteiger partial charge on any atom is 0.115 e. The van der Waals surface area contributed by atoms with Gasteiger partial charge in [-0.1, -0.05) is 41.1 Å². The number of hydrogen-bond donors (Lipinski definition) is 2. The van der Waals surface area contributed by atoms with Crippen LogP contribution < -0.4 is 5.32 Å². The van der Waals surface area contributed by atoms with E-state index in [9.17, 15) is 5.11 Å². The molecule has 4 heteroatoms. The lowest BCUT2D eigenvalue weighted by molar-refractivity contribution is 0.473. The van der Waals surface area contributed by atoms with Crippen LogP contribution in [0.2, 0.25) is 0 Å². The molecule has 0 heterocycles.